The van der Waals surface area contributed by atoms with Gasteiger partial charge >= 0.3 is 0 Å². The second kappa shape index (κ2) is 6.66. The number of aromatic nitrogens is 1. The van der Waals surface area contributed by atoms with Gasteiger partial charge in [-0.1, -0.05) is 19.1 Å². The third-order valence-corrected chi connectivity index (χ3v) is 3.64. The highest BCUT2D eigenvalue weighted by Gasteiger charge is 2.14. The maximum Gasteiger partial charge on any atom is 0.195 e. The van der Waals surface area contributed by atoms with Crippen molar-refractivity contribution in [2.45, 2.75) is 26.4 Å². The normalized spacial score (nSPS) is 11.9. The lowest BCUT2D eigenvalue weighted by Crippen LogP contribution is -2.10. The molecule has 0 saturated heterocycles. The van der Waals surface area contributed by atoms with E-state index in [1.807, 2.05) is 19.1 Å². The van der Waals surface area contributed by atoms with Crippen LogP contribution in [0.5, 0.6) is 5.75 Å². The van der Waals surface area contributed by atoms with Crippen molar-refractivity contribution in [3.8, 4) is 5.75 Å². The van der Waals surface area contributed by atoms with Gasteiger partial charge in [0, 0.05) is 11.8 Å². The Morgan fingerprint density at radius 3 is 2.85 bits per heavy atom. The molecule has 2 aromatic rings. The molecule has 0 fully saturated rings. The van der Waals surface area contributed by atoms with Crippen molar-refractivity contribution in [1.29, 1.82) is 0 Å². The summed E-state index contributed by atoms with van der Waals surface area (Å²) in [5.41, 5.74) is 1.15. The predicted molar refractivity (Wildman–Crippen MR) is 82.2 cm³/mol. The van der Waals surface area contributed by atoms with Crippen molar-refractivity contribution in [1.82, 2.24) is 4.98 Å². The number of nitrogens with zero attached hydrogens (tertiary/aromatic N) is 1. The first kappa shape index (κ1) is 14.7. The Morgan fingerprint density at radius 2 is 2.15 bits per heavy atom. The molecule has 1 aromatic heterocycles. The van der Waals surface area contributed by atoms with Crippen molar-refractivity contribution in [2.75, 3.05) is 0 Å². The fraction of sp³-hybridized carbons (Fsp3) is 0.250. The smallest absolute Gasteiger partial charge is 0.195 e. The largest absolute Gasteiger partial charge is 0.491 e. The van der Waals surface area contributed by atoms with E-state index in [0.717, 1.165) is 6.42 Å². The van der Waals surface area contributed by atoms with E-state index in [0.29, 0.717) is 21.5 Å². The number of hydrogen-bond acceptors (Lipinski definition) is 3. The summed E-state index contributed by atoms with van der Waals surface area (Å²) in [6.45, 7) is 4.07. The molecule has 1 unspecified atom stereocenters. The third-order valence-electron chi connectivity index (χ3n) is 3.01. The van der Waals surface area contributed by atoms with Crippen LogP contribution in [-0.4, -0.2) is 16.9 Å². The fourth-order valence-electron chi connectivity index (χ4n) is 1.74. The first-order valence-corrected chi connectivity index (χ1v) is 7.33. The molecule has 0 radical (unpaired) electrons. The van der Waals surface area contributed by atoms with Crippen molar-refractivity contribution < 1.29 is 9.53 Å². The number of carbonyl (C=O) groups is 1. The maximum atomic E-state index is 12.4. The molecule has 0 aliphatic rings. The third kappa shape index (κ3) is 3.45. The Kier molecular flexibility index (Phi) is 4.90. The molecule has 0 amide bonds. The van der Waals surface area contributed by atoms with Crippen LogP contribution in [0.25, 0.3) is 0 Å². The van der Waals surface area contributed by atoms with E-state index >= 15 is 0 Å². The van der Waals surface area contributed by atoms with Gasteiger partial charge in [0.25, 0.3) is 0 Å². The highest BCUT2D eigenvalue weighted by molar-refractivity contribution is 9.10. The molecule has 0 aliphatic heterocycles. The van der Waals surface area contributed by atoms with Gasteiger partial charge in [-0.2, -0.15) is 0 Å². The second-order valence-corrected chi connectivity index (χ2v) is 5.29. The van der Waals surface area contributed by atoms with Gasteiger partial charge in [-0.05, 0) is 53.5 Å². The maximum absolute atomic E-state index is 12.4. The number of pyridine rings is 1. The summed E-state index contributed by atoms with van der Waals surface area (Å²) >= 11 is 3.30. The number of ether oxygens (including phenoxy) is 1. The predicted octanol–water partition coefficient (Wildman–Crippen LogP) is 4.25. The Labute approximate surface area is 127 Å². The molecule has 1 aromatic carbocycles. The number of benzene rings is 1. The quantitative estimate of drug-likeness (QED) is 0.606. The van der Waals surface area contributed by atoms with E-state index in [9.17, 15) is 4.79 Å². The summed E-state index contributed by atoms with van der Waals surface area (Å²) in [4.78, 5) is 16.5. The number of ketones is 1. The first-order chi connectivity index (χ1) is 9.61. The minimum Gasteiger partial charge on any atom is -0.491 e. The molecule has 104 valence electrons. The number of halogens is 1. The molecular weight excluding hydrogens is 318 g/mol. The van der Waals surface area contributed by atoms with Gasteiger partial charge in [-0.15, -0.1) is 0 Å². The molecule has 4 heteroatoms. The Bertz CT molecular complexity index is 613. The van der Waals surface area contributed by atoms with E-state index in [-0.39, 0.29) is 11.9 Å². The fourth-order valence-corrected chi connectivity index (χ4v) is 2.17. The van der Waals surface area contributed by atoms with Crippen LogP contribution < -0.4 is 4.74 Å². The lowest BCUT2D eigenvalue weighted by Gasteiger charge is -2.13. The molecule has 0 aliphatic carbocycles. The van der Waals surface area contributed by atoms with Crippen LogP contribution in [0.4, 0.5) is 0 Å². The SMILES string of the molecule is CCC(C)Oc1cccc(C(=O)c2cccnc2Br)c1. The summed E-state index contributed by atoms with van der Waals surface area (Å²) in [6, 6.07) is 10.7. The molecule has 1 heterocycles. The second-order valence-electron chi connectivity index (χ2n) is 4.54. The number of carbonyl (C=O) groups excluding carboxylic acids is 1. The van der Waals surface area contributed by atoms with Gasteiger partial charge in [0.1, 0.15) is 10.4 Å². The van der Waals surface area contributed by atoms with Crippen LogP contribution in [0.15, 0.2) is 47.2 Å². The Hall–Kier alpha value is -1.68. The van der Waals surface area contributed by atoms with Crippen LogP contribution in [-0.2, 0) is 0 Å². The van der Waals surface area contributed by atoms with Crippen molar-refractivity contribution in [3.63, 3.8) is 0 Å². The molecule has 0 N–H and O–H groups in total. The topological polar surface area (TPSA) is 39.2 Å². The highest BCUT2D eigenvalue weighted by Crippen LogP contribution is 2.21. The lowest BCUT2D eigenvalue weighted by molar-refractivity contribution is 0.103. The van der Waals surface area contributed by atoms with Gasteiger partial charge in [0.15, 0.2) is 5.78 Å². The van der Waals surface area contributed by atoms with E-state index in [1.165, 1.54) is 0 Å². The average Bonchev–Trinajstić information content (AvgIpc) is 2.47. The average molecular weight is 334 g/mol. The number of rotatable bonds is 5. The molecular formula is C16H16BrNO2. The van der Waals surface area contributed by atoms with E-state index < -0.39 is 0 Å². The van der Waals surface area contributed by atoms with Crippen LogP contribution >= 0.6 is 15.9 Å². The van der Waals surface area contributed by atoms with Gasteiger partial charge < -0.3 is 4.74 Å². The standard InChI is InChI=1S/C16H16BrNO2/c1-3-11(2)20-13-7-4-6-12(10-13)15(19)14-8-5-9-18-16(14)17/h4-11H,3H2,1-2H3. The zero-order valence-electron chi connectivity index (χ0n) is 11.5. The molecule has 0 bridgehead atoms. The van der Waals surface area contributed by atoms with Crippen LogP contribution in [0.3, 0.4) is 0 Å². The Balaban J connectivity index is 2.27. The molecule has 20 heavy (non-hydrogen) atoms. The van der Waals surface area contributed by atoms with Crippen LogP contribution in [0.2, 0.25) is 0 Å². The van der Waals surface area contributed by atoms with E-state index in [2.05, 4.69) is 27.8 Å². The minimum absolute atomic E-state index is 0.0698. The summed E-state index contributed by atoms with van der Waals surface area (Å²) < 4.78 is 6.29. The van der Waals surface area contributed by atoms with Crippen LogP contribution in [0, 0.1) is 0 Å². The summed E-state index contributed by atoms with van der Waals surface area (Å²) in [5, 5.41) is 0. The van der Waals surface area contributed by atoms with Crippen molar-refractivity contribution >= 4 is 21.7 Å². The molecule has 3 nitrogen and oxygen atoms in total. The van der Waals surface area contributed by atoms with Crippen molar-refractivity contribution in [2.24, 2.45) is 0 Å². The van der Waals surface area contributed by atoms with Crippen molar-refractivity contribution in [3.05, 3.63) is 58.3 Å². The van der Waals surface area contributed by atoms with Gasteiger partial charge in [-0.3, -0.25) is 4.79 Å². The van der Waals surface area contributed by atoms with E-state index in [4.69, 9.17) is 4.74 Å². The first-order valence-electron chi connectivity index (χ1n) is 6.53. The van der Waals surface area contributed by atoms with Gasteiger partial charge in [-0.25, -0.2) is 4.98 Å². The van der Waals surface area contributed by atoms with E-state index in [1.54, 1.807) is 30.5 Å². The number of hydrogen-bond donors (Lipinski definition) is 0. The Morgan fingerprint density at radius 1 is 1.35 bits per heavy atom. The lowest BCUT2D eigenvalue weighted by atomic mass is 10.0. The van der Waals surface area contributed by atoms with Crippen LogP contribution in [0.1, 0.15) is 36.2 Å². The summed E-state index contributed by atoms with van der Waals surface area (Å²) in [7, 11) is 0. The minimum atomic E-state index is -0.0698. The molecule has 2 rings (SSSR count). The zero-order valence-corrected chi connectivity index (χ0v) is 13.1. The monoisotopic (exact) mass is 333 g/mol. The molecule has 0 saturated carbocycles. The van der Waals surface area contributed by atoms with Gasteiger partial charge in [0.05, 0.1) is 11.7 Å². The summed E-state index contributed by atoms with van der Waals surface area (Å²) in [5.74, 6) is 0.643. The molecule has 1 atom stereocenters. The zero-order chi connectivity index (χ0) is 14.5. The van der Waals surface area contributed by atoms with Gasteiger partial charge in [0.2, 0.25) is 0 Å². The molecule has 0 spiro atoms. The summed E-state index contributed by atoms with van der Waals surface area (Å²) in [6.07, 6.45) is 2.70. The highest BCUT2D eigenvalue weighted by atomic mass is 79.9.